The van der Waals surface area contributed by atoms with Crippen LogP contribution < -0.4 is 31.8 Å². The number of rotatable bonds is 6. The fraction of sp³-hybridized carbons (Fsp3) is 0.0588. The zero-order valence-electron chi connectivity index (χ0n) is 30.7. The lowest BCUT2D eigenvalue weighted by Crippen LogP contribution is -2.31. The van der Waals surface area contributed by atoms with Crippen LogP contribution in [0.5, 0.6) is 0 Å². The van der Waals surface area contributed by atoms with Crippen molar-refractivity contribution in [2.45, 2.75) is 19.3 Å². The second-order valence-corrected chi connectivity index (χ2v) is 20.4. The van der Waals surface area contributed by atoms with Crippen molar-refractivity contribution >= 4 is 46.1 Å². The lowest BCUT2D eigenvalue weighted by Gasteiger charge is -2.32. The van der Waals surface area contributed by atoms with Gasteiger partial charge in [-0.25, -0.2) is 0 Å². The molecule has 2 aliphatic rings. The van der Waals surface area contributed by atoms with Gasteiger partial charge in [0.15, 0.2) is 14.3 Å². The molecule has 0 amide bonds. The second-order valence-electron chi connectivity index (χ2n) is 14.9. The molecular formula is C51H38O2P2. The highest BCUT2D eigenvalue weighted by Gasteiger charge is 2.52. The zero-order chi connectivity index (χ0) is 37.4. The third-order valence-corrected chi connectivity index (χ3v) is 17.9. The van der Waals surface area contributed by atoms with Crippen LogP contribution in [0.25, 0.3) is 22.3 Å². The van der Waals surface area contributed by atoms with Gasteiger partial charge in [-0.3, -0.25) is 0 Å². The molecule has 4 heteroatoms. The molecule has 0 aromatic heterocycles. The number of fused-ring (bicyclic) bond motifs is 10. The highest BCUT2D eigenvalue weighted by Crippen LogP contribution is 2.63. The van der Waals surface area contributed by atoms with Crippen molar-refractivity contribution in [2.75, 3.05) is 0 Å². The van der Waals surface area contributed by atoms with E-state index >= 15 is 9.13 Å². The van der Waals surface area contributed by atoms with Gasteiger partial charge in [-0.05, 0) is 70.5 Å². The van der Waals surface area contributed by atoms with Crippen LogP contribution in [0.4, 0.5) is 0 Å². The van der Waals surface area contributed by atoms with Crippen LogP contribution in [-0.4, -0.2) is 0 Å². The zero-order valence-corrected chi connectivity index (χ0v) is 32.5. The van der Waals surface area contributed by atoms with Crippen molar-refractivity contribution in [3.63, 3.8) is 0 Å². The average Bonchev–Trinajstić information content (AvgIpc) is 3.71. The molecule has 2 aliphatic carbocycles. The maximum absolute atomic E-state index is 16.0. The summed E-state index contributed by atoms with van der Waals surface area (Å²) in [6.45, 7) is 4.12. The SMILES string of the molecule is Cc1ccc(P(=O)(c2ccccc2)c2ccc3c(c2)C2(c4ccccc4-3)c3ccccc3-c3ccc(P(=O)(c4ccccc4)c4ccc(C)cc4)cc32)cc1. The number of hydrogen-bond acceptors (Lipinski definition) is 2. The predicted molar refractivity (Wildman–Crippen MR) is 231 cm³/mol. The molecule has 2 nitrogen and oxygen atoms in total. The molecule has 0 radical (unpaired) electrons. The quantitative estimate of drug-likeness (QED) is 0.159. The fourth-order valence-electron chi connectivity index (χ4n) is 9.19. The Labute approximate surface area is 322 Å². The van der Waals surface area contributed by atoms with E-state index in [9.17, 15) is 0 Å². The molecule has 0 heterocycles. The maximum Gasteiger partial charge on any atom is 0.171 e. The molecule has 10 rings (SSSR count). The first-order valence-corrected chi connectivity index (χ1v) is 22.2. The Morgan fingerprint density at radius 2 is 0.618 bits per heavy atom. The molecule has 2 atom stereocenters. The molecule has 55 heavy (non-hydrogen) atoms. The molecule has 0 N–H and O–H groups in total. The van der Waals surface area contributed by atoms with Gasteiger partial charge in [0, 0.05) is 31.8 Å². The molecule has 1 spiro atoms. The van der Waals surface area contributed by atoms with E-state index < -0.39 is 19.7 Å². The first-order valence-electron chi connectivity index (χ1n) is 18.8. The number of hydrogen-bond donors (Lipinski definition) is 0. The minimum atomic E-state index is -3.31. The van der Waals surface area contributed by atoms with Crippen LogP contribution in [0.15, 0.2) is 194 Å². The van der Waals surface area contributed by atoms with Crippen LogP contribution in [0.3, 0.4) is 0 Å². The van der Waals surface area contributed by atoms with Crippen molar-refractivity contribution < 1.29 is 9.13 Å². The van der Waals surface area contributed by atoms with Crippen molar-refractivity contribution in [1.29, 1.82) is 0 Å². The summed E-state index contributed by atoms with van der Waals surface area (Å²) in [7, 11) is -6.63. The normalized spacial score (nSPS) is 17.1. The van der Waals surface area contributed by atoms with E-state index in [1.54, 1.807) is 0 Å². The van der Waals surface area contributed by atoms with Gasteiger partial charge in [0.1, 0.15) is 0 Å². The van der Waals surface area contributed by atoms with E-state index in [0.29, 0.717) is 0 Å². The fourth-order valence-corrected chi connectivity index (χ4v) is 14.5. The third-order valence-electron chi connectivity index (χ3n) is 11.8. The molecule has 0 saturated heterocycles. The van der Waals surface area contributed by atoms with Crippen LogP contribution >= 0.6 is 14.3 Å². The van der Waals surface area contributed by atoms with Gasteiger partial charge in [-0.2, -0.15) is 0 Å². The molecular weight excluding hydrogens is 707 g/mol. The Balaban J connectivity index is 1.29. The summed E-state index contributed by atoms with van der Waals surface area (Å²) >= 11 is 0. The van der Waals surface area contributed by atoms with Crippen LogP contribution in [0.1, 0.15) is 33.4 Å². The standard InChI is InChI=1S/C51H38O2P2/c1-35-21-25-39(26-22-35)54(52,37-13-5-3-6-14-37)41-29-31-45-43-17-9-11-19-47(43)51(49(45)33-41)48-20-12-10-18-44(48)46-32-30-42(34-50(46)51)55(53,38-15-7-4-8-16-38)40-27-23-36(2)24-28-40/h3-34H,1-2H3. The summed E-state index contributed by atoms with van der Waals surface area (Å²) in [6.07, 6.45) is 0. The third kappa shape index (κ3) is 4.82. The summed E-state index contributed by atoms with van der Waals surface area (Å²) in [4.78, 5) is 0. The van der Waals surface area contributed by atoms with Gasteiger partial charge < -0.3 is 9.13 Å². The molecule has 264 valence electrons. The van der Waals surface area contributed by atoms with Gasteiger partial charge in [-0.15, -0.1) is 0 Å². The summed E-state index contributed by atoms with van der Waals surface area (Å²) in [5, 5.41) is 4.82. The van der Waals surface area contributed by atoms with E-state index in [0.717, 1.165) is 76.3 Å². The van der Waals surface area contributed by atoms with Gasteiger partial charge in [-0.1, -0.05) is 193 Å². The molecule has 0 saturated carbocycles. The van der Waals surface area contributed by atoms with Crippen LogP contribution in [0, 0.1) is 13.8 Å². The van der Waals surface area contributed by atoms with E-state index in [1.165, 1.54) is 11.1 Å². The Kier molecular flexibility index (Phi) is 7.76. The van der Waals surface area contributed by atoms with Crippen molar-refractivity contribution in [1.82, 2.24) is 0 Å². The monoisotopic (exact) mass is 744 g/mol. The highest BCUT2D eigenvalue weighted by molar-refractivity contribution is 7.85. The Morgan fingerprint density at radius 1 is 0.309 bits per heavy atom. The first kappa shape index (κ1) is 33.8. The average molecular weight is 745 g/mol. The summed E-state index contributed by atoms with van der Waals surface area (Å²) in [5.41, 5.74) is 10.7. The van der Waals surface area contributed by atoms with Crippen LogP contribution in [-0.2, 0) is 14.5 Å². The van der Waals surface area contributed by atoms with Crippen molar-refractivity contribution in [2.24, 2.45) is 0 Å². The Bertz CT molecular complexity index is 2680. The van der Waals surface area contributed by atoms with Crippen LogP contribution in [0.2, 0.25) is 0 Å². The smallest absolute Gasteiger partial charge is 0.171 e. The molecule has 8 aromatic rings. The van der Waals surface area contributed by atoms with Gasteiger partial charge >= 0.3 is 0 Å². The van der Waals surface area contributed by atoms with E-state index in [2.05, 4.69) is 123 Å². The van der Waals surface area contributed by atoms with Gasteiger partial charge in [0.25, 0.3) is 0 Å². The van der Waals surface area contributed by atoms with Crippen molar-refractivity contribution in [3.8, 4) is 22.3 Å². The Morgan fingerprint density at radius 3 is 1.02 bits per heavy atom. The topological polar surface area (TPSA) is 34.1 Å². The van der Waals surface area contributed by atoms with Gasteiger partial charge in [0.2, 0.25) is 0 Å². The van der Waals surface area contributed by atoms with E-state index in [-0.39, 0.29) is 0 Å². The van der Waals surface area contributed by atoms with E-state index in [4.69, 9.17) is 0 Å². The molecule has 2 unspecified atom stereocenters. The molecule has 8 aromatic carbocycles. The molecule has 0 bridgehead atoms. The lowest BCUT2D eigenvalue weighted by molar-refractivity contribution is 0.591. The second kappa shape index (κ2) is 12.6. The van der Waals surface area contributed by atoms with E-state index in [1.807, 2.05) is 84.9 Å². The lowest BCUT2D eigenvalue weighted by atomic mass is 9.70. The minimum Gasteiger partial charge on any atom is -0.309 e. The van der Waals surface area contributed by atoms with Crippen molar-refractivity contribution in [3.05, 3.63) is 228 Å². The summed E-state index contributed by atoms with van der Waals surface area (Å²) in [5.74, 6) is 0. The van der Waals surface area contributed by atoms with Gasteiger partial charge in [0.05, 0.1) is 5.41 Å². The molecule has 0 fully saturated rings. The largest absolute Gasteiger partial charge is 0.309 e. The number of aryl methyl sites for hydroxylation is 2. The molecule has 0 aliphatic heterocycles. The highest BCUT2D eigenvalue weighted by atomic mass is 31.2. The number of benzene rings is 8. The summed E-state index contributed by atoms with van der Waals surface area (Å²) in [6, 6.07) is 66.6. The summed E-state index contributed by atoms with van der Waals surface area (Å²) < 4.78 is 32.0. The maximum atomic E-state index is 16.0. The minimum absolute atomic E-state index is 0.729. The Hall–Kier alpha value is -5.78. The first-order chi connectivity index (χ1) is 26.8. The predicted octanol–water partition coefficient (Wildman–Crippen LogP) is 9.93.